The Kier molecular flexibility index (Phi) is 3.92. The van der Waals surface area contributed by atoms with Crippen LogP contribution in [0.15, 0.2) is 23.1 Å². The van der Waals surface area contributed by atoms with Gasteiger partial charge in [0.15, 0.2) is 0 Å². The van der Waals surface area contributed by atoms with Crippen LogP contribution in [0.2, 0.25) is 0 Å². The molecule has 0 spiro atoms. The lowest BCUT2D eigenvalue weighted by Gasteiger charge is -2.26. The van der Waals surface area contributed by atoms with Crippen molar-refractivity contribution in [2.75, 3.05) is 20.2 Å². The number of benzene rings is 1. The lowest BCUT2D eigenvalue weighted by atomic mass is 10.2. The molecule has 0 bridgehead atoms. The van der Waals surface area contributed by atoms with Crippen molar-refractivity contribution in [3.05, 3.63) is 23.8 Å². The third-order valence-electron chi connectivity index (χ3n) is 3.25. The molecule has 4 nitrogen and oxygen atoms in total. The predicted octanol–water partition coefficient (Wildman–Crippen LogP) is 2.18. The van der Waals surface area contributed by atoms with Crippen LogP contribution in [0.4, 0.5) is 0 Å². The zero-order valence-electron chi connectivity index (χ0n) is 10.8. The van der Waals surface area contributed by atoms with Crippen LogP contribution in [-0.2, 0) is 10.0 Å². The third-order valence-corrected chi connectivity index (χ3v) is 5.19. The number of aryl methyl sites for hydroxylation is 1. The first-order chi connectivity index (χ1) is 8.55. The number of piperidine rings is 1. The monoisotopic (exact) mass is 269 g/mol. The Morgan fingerprint density at radius 3 is 2.44 bits per heavy atom. The van der Waals surface area contributed by atoms with E-state index in [4.69, 9.17) is 4.74 Å². The van der Waals surface area contributed by atoms with Gasteiger partial charge < -0.3 is 4.74 Å². The third kappa shape index (κ3) is 2.52. The van der Waals surface area contributed by atoms with Gasteiger partial charge in [0, 0.05) is 13.1 Å². The molecule has 2 rings (SSSR count). The van der Waals surface area contributed by atoms with E-state index >= 15 is 0 Å². The van der Waals surface area contributed by atoms with Crippen LogP contribution in [0.1, 0.15) is 24.8 Å². The minimum atomic E-state index is -3.41. The van der Waals surface area contributed by atoms with Crippen molar-refractivity contribution in [1.29, 1.82) is 0 Å². The number of methoxy groups -OCH3 is 1. The van der Waals surface area contributed by atoms with Gasteiger partial charge in [0.2, 0.25) is 10.0 Å². The van der Waals surface area contributed by atoms with Crippen molar-refractivity contribution in [3.63, 3.8) is 0 Å². The summed E-state index contributed by atoms with van der Waals surface area (Å²) in [6.45, 7) is 3.14. The molecule has 18 heavy (non-hydrogen) atoms. The Labute approximate surface area is 109 Å². The highest BCUT2D eigenvalue weighted by molar-refractivity contribution is 7.89. The van der Waals surface area contributed by atoms with Crippen molar-refractivity contribution < 1.29 is 13.2 Å². The Bertz CT molecular complexity index is 519. The number of rotatable bonds is 3. The molecule has 1 aliphatic rings. The van der Waals surface area contributed by atoms with Gasteiger partial charge in [0.1, 0.15) is 10.6 Å². The van der Waals surface area contributed by atoms with Crippen LogP contribution in [0.25, 0.3) is 0 Å². The van der Waals surface area contributed by atoms with Crippen LogP contribution < -0.4 is 4.74 Å². The van der Waals surface area contributed by atoms with Gasteiger partial charge in [-0.15, -0.1) is 0 Å². The standard InChI is InChI=1S/C13H19NO3S/c1-11-6-7-13(12(10-11)17-2)18(15,16)14-8-4-3-5-9-14/h6-7,10H,3-5,8-9H2,1-2H3. The molecule has 0 amide bonds. The molecular formula is C13H19NO3S. The van der Waals surface area contributed by atoms with Crippen LogP contribution in [0, 0.1) is 6.92 Å². The second-order valence-electron chi connectivity index (χ2n) is 4.62. The molecule has 1 aromatic rings. The van der Waals surface area contributed by atoms with Gasteiger partial charge >= 0.3 is 0 Å². The fourth-order valence-corrected chi connectivity index (χ4v) is 3.89. The van der Waals surface area contributed by atoms with E-state index in [1.807, 2.05) is 6.92 Å². The summed E-state index contributed by atoms with van der Waals surface area (Å²) >= 11 is 0. The summed E-state index contributed by atoms with van der Waals surface area (Å²) in [6, 6.07) is 5.20. The first-order valence-electron chi connectivity index (χ1n) is 6.20. The van der Waals surface area contributed by atoms with Gasteiger partial charge in [-0.05, 0) is 37.5 Å². The molecule has 0 unspecified atom stereocenters. The van der Waals surface area contributed by atoms with E-state index in [1.165, 1.54) is 7.11 Å². The molecule has 1 fully saturated rings. The molecule has 1 aromatic carbocycles. The van der Waals surface area contributed by atoms with Gasteiger partial charge in [-0.25, -0.2) is 8.42 Å². The van der Waals surface area contributed by atoms with Gasteiger partial charge in [0.05, 0.1) is 7.11 Å². The summed E-state index contributed by atoms with van der Waals surface area (Å²) in [5.74, 6) is 0.431. The minimum absolute atomic E-state index is 0.275. The lowest BCUT2D eigenvalue weighted by Crippen LogP contribution is -2.35. The Hall–Kier alpha value is -1.07. The summed E-state index contributed by atoms with van der Waals surface area (Å²) < 4.78 is 31.8. The highest BCUT2D eigenvalue weighted by Gasteiger charge is 2.28. The van der Waals surface area contributed by atoms with Crippen molar-refractivity contribution in [2.45, 2.75) is 31.1 Å². The van der Waals surface area contributed by atoms with E-state index in [0.29, 0.717) is 18.8 Å². The molecule has 0 aliphatic carbocycles. The summed E-state index contributed by atoms with van der Waals surface area (Å²) in [4.78, 5) is 0.275. The zero-order chi connectivity index (χ0) is 13.2. The molecule has 0 saturated carbocycles. The largest absolute Gasteiger partial charge is 0.495 e. The van der Waals surface area contributed by atoms with Gasteiger partial charge in [-0.1, -0.05) is 12.5 Å². The Morgan fingerprint density at radius 1 is 1.17 bits per heavy atom. The maximum absolute atomic E-state index is 12.5. The van der Waals surface area contributed by atoms with E-state index in [0.717, 1.165) is 24.8 Å². The normalized spacial score (nSPS) is 17.7. The van der Waals surface area contributed by atoms with E-state index in [2.05, 4.69) is 0 Å². The smallest absolute Gasteiger partial charge is 0.246 e. The fourth-order valence-electron chi connectivity index (χ4n) is 2.23. The first kappa shape index (κ1) is 13.4. The van der Waals surface area contributed by atoms with Gasteiger partial charge in [0.25, 0.3) is 0 Å². The summed E-state index contributed by atoms with van der Waals surface area (Å²) in [5.41, 5.74) is 0.990. The lowest BCUT2D eigenvalue weighted by molar-refractivity contribution is 0.342. The van der Waals surface area contributed by atoms with Crippen LogP contribution in [-0.4, -0.2) is 32.9 Å². The van der Waals surface area contributed by atoms with Crippen molar-refractivity contribution >= 4 is 10.0 Å². The first-order valence-corrected chi connectivity index (χ1v) is 7.64. The number of ether oxygens (including phenoxy) is 1. The number of hydrogen-bond acceptors (Lipinski definition) is 3. The highest BCUT2D eigenvalue weighted by atomic mass is 32.2. The Morgan fingerprint density at radius 2 is 1.83 bits per heavy atom. The second-order valence-corrected chi connectivity index (χ2v) is 6.53. The molecule has 0 atom stereocenters. The minimum Gasteiger partial charge on any atom is -0.495 e. The molecule has 1 saturated heterocycles. The summed E-state index contributed by atoms with van der Waals surface area (Å²) in [6.07, 6.45) is 2.98. The van der Waals surface area contributed by atoms with Crippen molar-refractivity contribution in [2.24, 2.45) is 0 Å². The molecule has 100 valence electrons. The average molecular weight is 269 g/mol. The quantitative estimate of drug-likeness (QED) is 0.845. The van der Waals surface area contributed by atoms with Crippen LogP contribution in [0.5, 0.6) is 5.75 Å². The van der Waals surface area contributed by atoms with E-state index < -0.39 is 10.0 Å². The van der Waals surface area contributed by atoms with Crippen molar-refractivity contribution in [1.82, 2.24) is 4.31 Å². The molecule has 0 N–H and O–H groups in total. The SMILES string of the molecule is COc1cc(C)ccc1S(=O)(=O)N1CCCCC1. The van der Waals surface area contributed by atoms with Gasteiger partial charge in [-0.3, -0.25) is 0 Å². The van der Waals surface area contributed by atoms with E-state index in [-0.39, 0.29) is 4.90 Å². The average Bonchev–Trinajstić information content (AvgIpc) is 2.39. The van der Waals surface area contributed by atoms with Crippen molar-refractivity contribution in [3.8, 4) is 5.75 Å². The van der Waals surface area contributed by atoms with E-state index in [9.17, 15) is 8.42 Å². The second kappa shape index (κ2) is 5.28. The predicted molar refractivity (Wildman–Crippen MR) is 70.3 cm³/mol. The van der Waals surface area contributed by atoms with Gasteiger partial charge in [-0.2, -0.15) is 4.31 Å². The highest BCUT2D eigenvalue weighted by Crippen LogP contribution is 2.29. The molecule has 1 aliphatic heterocycles. The number of nitrogens with zero attached hydrogens (tertiary/aromatic N) is 1. The molecular weight excluding hydrogens is 250 g/mol. The molecule has 5 heteroatoms. The molecule has 0 aromatic heterocycles. The maximum atomic E-state index is 12.5. The Balaban J connectivity index is 2.40. The fraction of sp³-hybridized carbons (Fsp3) is 0.538. The van der Waals surface area contributed by atoms with E-state index in [1.54, 1.807) is 22.5 Å². The summed E-state index contributed by atoms with van der Waals surface area (Å²) in [5, 5.41) is 0. The van der Waals surface area contributed by atoms with Crippen LogP contribution >= 0.6 is 0 Å². The van der Waals surface area contributed by atoms with Crippen LogP contribution in [0.3, 0.4) is 0 Å². The zero-order valence-corrected chi connectivity index (χ0v) is 11.7. The summed E-state index contributed by atoms with van der Waals surface area (Å²) in [7, 11) is -1.91. The topological polar surface area (TPSA) is 46.6 Å². The maximum Gasteiger partial charge on any atom is 0.246 e. The molecule has 1 heterocycles. The number of hydrogen-bond donors (Lipinski definition) is 0. The number of sulfonamides is 1. The molecule has 0 radical (unpaired) electrons.